The van der Waals surface area contributed by atoms with E-state index in [-0.39, 0.29) is 12.2 Å². The maximum Gasteiger partial charge on any atom is 0.295 e. The first-order valence-corrected chi connectivity index (χ1v) is 17.5. The molecule has 14 heteroatoms. The van der Waals surface area contributed by atoms with Gasteiger partial charge in [0, 0.05) is 47.6 Å². The summed E-state index contributed by atoms with van der Waals surface area (Å²) in [7, 11) is 1.91. The number of pyridine rings is 1. The van der Waals surface area contributed by atoms with Crippen LogP contribution in [0.4, 0.5) is 26.0 Å². The lowest BCUT2D eigenvalue weighted by Gasteiger charge is -2.14. The van der Waals surface area contributed by atoms with Crippen molar-refractivity contribution in [1.29, 1.82) is 0 Å². The van der Waals surface area contributed by atoms with Crippen molar-refractivity contribution in [1.82, 2.24) is 24.1 Å². The molecule has 0 saturated carbocycles. The summed E-state index contributed by atoms with van der Waals surface area (Å²) in [5.41, 5.74) is 5.64. The monoisotopic (exact) mass is 695 g/mol. The minimum absolute atomic E-state index is 0.0186. The summed E-state index contributed by atoms with van der Waals surface area (Å²) in [5.74, 6) is 0.635. The number of nitrogens with one attached hydrogen (secondary N) is 2. The Morgan fingerprint density at radius 1 is 1.25 bits per heavy atom. The molecule has 0 aliphatic carbocycles. The summed E-state index contributed by atoms with van der Waals surface area (Å²) >= 11 is 3.63. The summed E-state index contributed by atoms with van der Waals surface area (Å²) in [4.78, 5) is 18.3. The predicted octanol–water partition coefficient (Wildman–Crippen LogP) is 7.77. The maximum atomic E-state index is 14.0. The highest BCUT2D eigenvalue weighted by Gasteiger charge is 2.23. The minimum atomic E-state index is -2.75. The quantitative estimate of drug-likeness (QED) is 0.0579. The number of halogens is 3. The minimum Gasteiger partial charge on any atom is -0.353 e. The summed E-state index contributed by atoms with van der Waals surface area (Å²) < 4.78 is 31.2. The molecule has 0 fully saturated rings. The number of thioether (sulfide) groups is 1. The number of hydrogen-bond donors (Lipinski definition) is 2. The Morgan fingerprint density at radius 2 is 2.02 bits per heavy atom. The number of aryl methyl sites for hydroxylation is 2. The molecule has 40 heavy (non-hydrogen) atoms. The molecule has 0 aliphatic heterocycles. The number of fused-ring (bicyclic) bond motifs is 1. The van der Waals surface area contributed by atoms with Crippen LogP contribution in [-0.4, -0.2) is 49.4 Å². The number of amidine groups is 1. The number of nitrogens with zero attached hydrogens (tertiary/aromatic N) is 7. The first-order chi connectivity index (χ1) is 19.2. The second kappa shape index (κ2) is 13.2. The molecule has 0 bridgehead atoms. The first kappa shape index (κ1) is 30.1. The van der Waals surface area contributed by atoms with Gasteiger partial charge in [0.05, 0.1) is 23.4 Å². The summed E-state index contributed by atoms with van der Waals surface area (Å²) in [6.07, 6.45) is 0.973. The smallest absolute Gasteiger partial charge is 0.295 e. The van der Waals surface area contributed by atoms with Crippen LogP contribution in [0.3, 0.4) is 0 Å². The molecular formula is C26H29F2IN9PS. The number of hydrogen-bond acceptors (Lipinski definition) is 7. The van der Waals surface area contributed by atoms with Crippen LogP contribution in [0.1, 0.15) is 31.8 Å². The van der Waals surface area contributed by atoms with Crippen LogP contribution in [-0.2, 0) is 7.05 Å². The van der Waals surface area contributed by atoms with Gasteiger partial charge in [-0.1, -0.05) is 6.07 Å². The van der Waals surface area contributed by atoms with Gasteiger partial charge >= 0.3 is 0 Å². The van der Waals surface area contributed by atoms with Gasteiger partial charge in [0.1, 0.15) is 17.2 Å². The molecule has 3 aromatic heterocycles. The number of aromatic nitrogens is 5. The summed E-state index contributed by atoms with van der Waals surface area (Å²) in [5, 5.41) is 11.2. The normalized spacial score (nSPS) is 12.7. The second-order valence-corrected chi connectivity index (χ2v) is 11.6. The molecule has 9 nitrogen and oxygen atoms in total. The fraction of sp³-hybridized carbons (Fsp3) is 0.269. The van der Waals surface area contributed by atoms with Crippen LogP contribution in [0.25, 0.3) is 22.4 Å². The molecule has 0 aliphatic rings. The fourth-order valence-corrected chi connectivity index (χ4v) is 6.40. The highest BCUT2D eigenvalue weighted by atomic mass is 127. The number of alkyl halides is 2. The van der Waals surface area contributed by atoms with E-state index in [0.717, 1.165) is 27.5 Å². The standard InChI is InChI=1S/C26H29F2IN9PS/c1-7-31-21(10-14(2)30-4)33-22-13-19(23-25(34-22)38(39-29)26(35-23)24(27)28)32-17-9-8-16(12-20(17)40-6)18-11-15(3)37(5)36-18/h8-13,24,39H,4,7H2,1-3,5-6H3,(H2,31,32,33,34)/b14-10-. The lowest BCUT2D eigenvalue weighted by Crippen LogP contribution is -2.12. The van der Waals surface area contributed by atoms with E-state index in [1.165, 1.54) is 4.34 Å². The lowest BCUT2D eigenvalue weighted by molar-refractivity contribution is 0.140. The third kappa shape index (κ3) is 6.52. The van der Waals surface area contributed by atoms with Crippen molar-refractivity contribution in [2.45, 2.75) is 32.1 Å². The van der Waals surface area contributed by atoms with Gasteiger partial charge in [-0.05, 0) is 74.0 Å². The Balaban J connectivity index is 1.83. The molecule has 0 saturated heterocycles. The van der Waals surface area contributed by atoms with Crippen LogP contribution in [0.5, 0.6) is 0 Å². The van der Waals surface area contributed by atoms with Crippen molar-refractivity contribution in [2.75, 3.05) is 23.4 Å². The van der Waals surface area contributed by atoms with Gasteiger partial charge in [-0.25, -0.2) is 18.7 Å². The highest BCUT2D eigenvalue weighted by Crippen LogP contribution is 2.40. The number of imidazole rings is 1. The summed E-state index contributed by atoms with van der Waals surface area (Å²) in [6.45, 7) is 9.81. The Hall–Kier alpha value is -2.90. The Kier molecular flexibility index (Phi) is 9.90. The van der Waals surface area contributed by atoms with Gasteiger partial charge in [0.2, 0.25) is 0 Å². The topological polar surface area (TPSA) is 97.3 Å². The molecule has 1 atom stereocenters. The van der Waals surface area contributed by atoms with Crippen LogP contribution in [0, 0.1) is 6.92 Å². The average Bonchev–Trinajstić information content (AvgIpc) is 3.48. The SMILES string of the molecule is C=N/C(C)=C\C(=NCC)Nc1cc(Nc2ccc(-c3cc(C)n(C)n3)cc2SC)c2nc(C(F)F)n(PI)c2n1. The molecule has 3 heterocycles. The fourth-order valence-electron chi connectivity index (χ4n) is 3.92. The van der Waals surface area contributed by atoms with Crippen molar-refractivity contribution in [3.63, 3.8) is 0 Å². The van der Waals surface area contributed by atoms with E-state index in [0.29, 0.717) is 40.7 Å². The zero-order chi connectivity index (χ0) is 29.0. The summed E-state index contributed by atoms with van der Waals surface area (Å²) in [6, 6.07) is 9.79. The average molecular weight is 696 g/mol. The zero-order valence-corrected chi connectivity index (χ0v) is 26.6. The van der Waals surface area contributed by atoms with Gasteiger partial charge in [-0.15, -0.1) is 11.8 Å². The number of benzene rings is 1. The van der Waals surface area contributed by atoms with E-state index in [9.17, 15) is 8.78 Å². The molecule has 2 N–H and O–H groups in total. The number of anilines is 3. The first-order valence-electron chi connectivity index (χ1n) is 12.2. The van der Waals surface area contributed by atoms with E-state index in [2.05, 4.69) is 70.5 Å². The lowest BCUT2D eigenvalue weighted by atomic mass is 10.1. The van der Waals surface area contributed by atoms with Crippen molar-refractivity contribution in [3.05, 3.63) is 53.6 Å². The predicted molar refractivity (Wildman–Crippen MR) is 174 cm³/mol. The van der Waals surface area contributed by atoms with Gasteiger partial charge in [-0.2, -0.15) is 5.10 Å². The van der Waals surface area contributed by atoms with E-state index < -0.39 is 6.43 Å². The van der Waals surface area contributed by atoms with Gasteiger partial charge in [0.15, 0.2) is 11.5 Å². The van der Waals surface area contributed by atoms with E-state index in [1.54, 1.807) is 23.9 Å². The maximum absolute atomic E-state index is 14.0. The van der Waals surface area contributed by atoms with Crippen molar-refractivity contribution >= 4 is 81.1 Å². The van der Waals surface area contributed by atoms with Crippen LogP contribution in [0.2, 0.25) is 0 Å². The van der Waals surface area contributed by atoms with Crippen LogP contribution in [0.15, 0.2) is 57.0 Å². The molecule has 4 rings (SSSR count). The third-order valence-corrected chi connectivity index (χ3v) is 8.82. The highest BCUT2D eigenvalue weighted by molar-refractivity contribution is 14.2. The second-order valence-electron chi connectivity index (χ2n) is 8.68. The molecule has 1 aromatic carbocycles. The molecule has 0 spiro atoms. The molecule has 0 radical (unpaired) electrons. The van der Waals surface area contributed by atoms with Crippen LogP contribution >= 0.6 is 40.2 Å². The van der Waals surface area contributed by atoms with Crippen LogP contribution < -0.4 is 10.6 Å². The Labute approximate surface area is 250 Å². The number of aliphatic imine (C=N–C) groups is 2. The molecule has 210 valence electrons. The third-order valence-electron chi connectivity index (χ3n) is 5.98. The van der Waals surface area contributed by atoms with Gasteiger partial charge in [0.25, 0.3) is 6.43 Å². The van der Waals surface area contributed by atoms with Gasteiger partial charge < -0.3 is 10.6 Å². The van der Waals surface area contributed by atoms with Crippen molar-refractivity contribution in [2.24, 2.45) is 17.0 Å². The molecule has 1 unspecified atom stereocenters. The zero-order valence-electron chi connectivity index (χ0n) is 22.6. The Morgan fingerprint density at radius 3 is 2.62 bits per heavy atom. The molecule has 4 aromatic rings. The van der Waals surface area contributed by atoms with Crippen molar-refractivity contribution in [3.8, 4) is 11.3 Å². The van der Waals surface area contributed by atoms with Gasteiger partial charge in [-0.3, -0.25) is 19.0 Å². The largest absolute Gasteiger partial charge is 0.353 e. The molecular weight excluding hydrogens is 666 g/mol. The number of allylic oxidation sites excluding steroid dienone is 1. The number of rotatable bonds is 10. The Bertz CT molecular complexity index is 1590. The van der Waals surface area contributed by atoms with E-state index in [4.69, 9.17) is 0 Å². The van der Waals surface area contributed by atoms with E-state index in [1.807, 2.05) is 57.0 Å². The molecule has 0 amide bonds. The van der Waals surface area contributed by atoms with Crippen molar-refractivity contribution < 1.29 is 8.78 Å². The van der Waals surface area contributed by atoms with E-state index >= 15 is 0 Å².